The van der Waals surface area contributed by atoms with Crippen molar-refractivity contribution in [3.8, 4) is 0 Å². The third-order valence-electron chi connectivity index (χ3n) is 2.83. The number of rotatable bonds is 5. The average molecular weight is 207 g/mol. The predicted molar refractivity (Wildman–Crippen MR) is 64.1 cm³/mol. The van der Waals surface area contributed by atoms with Gasteiger partial charge in [0.1, 0.15) is 0 Å². The highest BCUT2D eigenvalue weighted by atomic mass is 16.5. The Morgan fingerprint density at radius 2 is 1.80 bits per heavy atom. The second kappa shape index (κ2) is 5.89. The Morgan fingerprint density at radius 1 is 1.20 bits per heavy atom. The predicted octanol–water partition coefficient (Wildman–Crippen LogP) is 2.33. The zero-order chi connectivity index (χ0) is 11.3. The normalized spacial score (nSPS) is 14.9. The molecule has 1 aromatic rings. The molecule has 0 heterocycles. The number of hydrogen-bond acceptors (Lipinski definition) is 2. The van der Waals surface area contributed by atoms with Gasteiger partial charge in [0.05, 0.1) is 6.10 Å². The van der Waals surface area contributed by atoms with Crippen LogP contribution >= 0.6 is 0 Å². The summed E-state index contributed by atoms with van der Waals surface area (Å²) in [6.45, 7) is 4.93. The van der Waals surface area contributed by atoms with Crippen molar-refractivity contribution in [1.29, 1.82) is 0 Å². The van der Waals surface area contributed by atoms with Crippen LogP contribution in [0.15, 0.2) is 24.3 Å². The summed E-state index contributed by atoms with van der Waals surface area (Å²) in [4.78, 5) is 0. The summed E-state index contributed by atoms with van der Waals surface area (Å²) in [5, 5.41) is 0. The zero-order valence-corrected chi connectivity index (χ0v) is 9.86. The van der Waals surface area contributed by atoms with E-state index < -0.39 is 0 Å². The van der Waals surface area contributed by atoms with Crippen LogP contribution in [0.4, 0.5) is 0 Å². The second-order valence-electron chi connectivity index (χ2n) is 4.13. The average Bonchev–Trinajstić information content (AvgIpc) is 2.29. The van der Waals surface area contributed by atoms with Crippen LogP contribution in [0, 0.1) is 0 Å². The molecule has 0 amide bonds. The summed E-state index contributed by atoms with van der Waals surface area (Å²) in [6.07, 6.45) is 1.25. The van der Waals surface area contributed by atoms with E-state index >= 15 is 0 Å². The van der Waals surface area contributed by atoms with Crippen molar-refractivity contribution in [2.75, 3.05) is 13.7 Å². The zero-order valence-electron chi connectivity index (χ0n) is 9.86. The van der Waals surface area contributed by atoms with Gasteiger partial charge < -0.3 is 10.5 Å². The number of methoxy groups -OCH3 is 1. The van der Waals surface area contributed by atoms with Crippen molar-refractivity contribution in [2.45, 2.75) is 32.3 Å². The third kappa shape index (κ3) is 3.65. The summed E-state index contributed by atoms with van der Waals surface area (Å²) < 4.78 is 5.23. The van der Waals surface area contributed by atoms with Crippen LogP contribution in [0.3, 0.4) is 0 Å². The molecule has 0 aliphatic heterocycles. The van der Waals surface area contributed by atoms with E-state index in [-0.39, 0.29) is 6.10 Å². The molecule has 0 saturated carbocycles. The van der Waals surface area contributed by atoms with Gasteiger partial charge in [-0.1, -0.05) is 31.2 Å². The minimum atomic E-state index is 0.280. The Kier molecular flexibility index (Phi) is 4.79. The summed E-state index contributed by atoms with van der Waals surface area (Å²) in [5.41, 5.74) is 8.25. The molecule has 0 radical (unpaired) electrons. The molecule has 0 aliphatic rings. The molecule has 0 spiro atoms. The molecule has 1 rings (SSSR count). The second-order valence-corrected chi connectivity index (χ2v) is 4.13. The number of hydrogen-bond donors (Lipinski definition) is 1. The van der Waals surface area contributed by atoms with Crippen LogP contribution in [0.25, 0.3) is 0 Å². The van der Waals surface area contributed by atoms with Crippen molar-refractivity contribution in [3.63, 3.8) is 0 Å². The topological polar surface area (TPSA) is 35.2 Å². The lowest BCUT2D eigenvalue weighted by Gasteiger charge is -2.12. The van der Waals surface area contributed by atoms with Crippen molar-refractivity contribution in [3.05, 3.63) is 35.4 Å². The summed E-state index contributed by atoms with van der Waals surface area (Å²) in [7, 11) is 1.75. The molecule has 0 fully saturated rings. The first-order chi connectivity index (χ1) is 7.17. The fourth-order valence-electron chi connectivity index (χ4n) is 1.53. The van der Waals surface area contributed by atoms with Crippen LogP contribution in [-0.4, -0.2) is 19.8 Å². The van der Waals surface area contributed by atoms with Crippen LogP contribution in [-0.2, 0) is 11.2 Å². The van der Waals surface area contributed by atoms with E-state index in [0.717, 1.165) is 6.42 Å². The van der Waals surface area contributed by atoms with Crippen LogP contribution in [0.5, 0.6) is 0 Å². The molecule has 0 aromatic heterocycles. The highest BCUT2D eigenvalue weighted by Gasteiger charge is 2.04. The molecule has 1 aromatic carbocycles. The van der Waals surface area contributed by atoms with Crippen molar-refractivity contribution in [2.24, 2.45) is 5.73 Å². The van der Waals surface area contributed by atoms with Crippen molar-refractivity contribution >= 4 is 0 Å². The smallest absolute Gasteiger partial charge is 0.0583 e. The van der Waals surface area contributed by atoms with Crippen LogP contribution in [0.1, 0.15) is 30.9 Å². The van der Waals surface area contributed by atoms with E-state index in [1.165, 1.54) is 11.1 Å². The molecule has 84 valence electrons. The standard InChI is InChI=1S/C13H21NO/c1-10(9-14)13-6-4-12(5-7-13)8-11(2)15-3/h4-7,10-11H,8-9,14H2,1-3H3. The molecular formula is C13H21NO. The third-order valence-corrected chi connectivity index (χ3v) is 2.83. The summed E-state index contributed by atoms with van der Waals surface area (Å²) >= 11 is 0. The first kappa shape index (κ1) is 12.2. The van der Waals surface area contributed by atoms with Crippen LogP contribution in [0.2, 0.25) is 0 Å². The molecule has 0 saturated heterocycles. The molecule has 2 heteroatoms. The maximum absolute atomic E-state index is 5.62. The van der Waals surface area contributed by atoms with Gasteiger partial charge >= 0.3 is 0 Å². The first-order valence-electron chi connectivity index (χ1n) is 5.49. The molecule has 15 heavy (non-hydrogen) atoms. The quantitative estimate of drug-likeness (QED) is 0.804. The molecule has 2 unspecified atom stereocenters. The Balaban J connectivity index is 2.64. The van der Waals surface area contributed by atoms with E-state index in [1.54, 1.807) is 7.11 Å². The van der Waals surface area contributed by atoms with Gasteiger partial charge in [0.2, 0.25) is 0 Å². The fourth-order valence-corrected chi connectivity index (χ4v) is 1.53. The lowest BCUT2D eigenvalue weighted by atomic mass is 9.98. The Labute approximate surface area is 92.4 Å². The Bertz CT molecular complexity index is 281. The SMILES string of the molecule is COC(C)Cc1ccc(C(C)CN)cc1. The van der Waals surface area contributed by atoms with Gasteiger partial charge in [0.15, 0.2) is 0 Å². The lowest BCUT2D eigenvalue weighted by molar-refractivity contribution is 0.119. The lowest BCUT2D eigenvalue weighted by Crippen LogP contribution is -2.10. The van der Waals surface area contributed by atoms with Crippen molar-refractivity contribution in [1.82, 2.24) is 0 Å². The highest BCUT2D eigenvalue weighted by Crippen LogP contribution is 2.15. The van der Waals surface area contributed by atoms with Crippen LogP contribution < -0.4 is 5.73 Å². The van der Waals surface area contributed by atoms with Gasteiger partial charge in [-0.15, -0.1) is 0 Å². The van der Waals surface area contributed by atoms with E-state index in [4.69, 9.17) is 10.5 Å². The number of benzene rings is 1. The number of nitrogens with two attached hydrogens (primary N) is 1. The van der Waals surface area contributed by atoms with E-state index in [2.05, 4.69) is 38.1 Å². The molecule has 0 aliphatic carbocycles. The monoisotopic (exact) mass is 207 g/mol. The summed E-state index contributed by atoms with van der Waals surface area (Å²) in [6, 6.07) is 8.65. The summed E-state index contributed by atoms with van der Waals surface area (Å²) in [5.74, 6) is 0.443. The van der Waals surface area contributed by atoms with Gasteiger partial charge in [-0.05, 0) is 36.9 Å². The van der Waals surface area contributed by atoms with Gasteiger partial charge in [-0.3, -0.25) is 0 Å². The maximum Gasteiger partial charge on any atom is 0.0583 e. The molecular weight excluding hydrogens is 186 g/mol. The van der Waals surface area contributed by atoms with Gasteiger partial charge in [-0.25, -0.2) is 0 Å². The van der Waals surface area contributed by atoms with Gasteiger partial charge in [0, 0.05) is 7.11 Å². The Morgan fingerprint density at radius 3 is 2.27 bits per heavy atom. The highest BCUT2D eigenvalue weighted by molar-refractivity contribution is 5.25. The molecule has 2 atom stereocenters. The van der Waals surface area contributed by atoms with E-state index in [9.17, 15) is 0 Å². The van der Waals surface area contributed by atoms with Gasteiger partial charge in [0.25, 0.3) is 0 Å². The molecule has 2 nitrogen and oxygen atoms in total. The van der Waals surface area contributed by atoms with E-state index in [1.807, 2.05) is 0 Å². The van der Waals surface area contributed by atoms with Crippen molar-refractivity contribution < 1.29 is 4.74 Å². The van der Waals surface area contributed by atoms with E-state index in [0.29, 0.717) is 12.5 Å². The first-order valence-corrected chi connectivity index (χ1v) is 5.49. The molecule has 2 N–H and O–H groups in total. The number of ether oxygens (including phenoxy) is 1. The minimum Gasteiger partial charge on any atom is -0.381 e. The fraction of sp³-hybridized carbons (Fsp3) is 0.538. The van der Waals surface area contributed by atoms with Gasteiger partial charge in [-0.2, -0.15) is 0 Å². The molecule has 0 bridgehead atoms. The minimum absolute atomic E-state index is 0.280. The maximum atomic E-state index is 5.62. The Hall–Kier alpha value is -0.860. The largest absolute Gasteiger partial charge is 0.381 e.